The Morgan fingerprint density at radius 3 is 2.52 bits per heavy atom. The van der Waals surface area contributed by atoms with Gasteiger partial charge in [0.2, 0.25) is 0 Å². The van der Waals surface area contributed by atoms with Gasteiger partial charge in [-0.05, 0) is 13.0 Å². The van der Waals surface area contributed by atoms with E-state index >= 15 is 0 Å². The predicted octanol–water partition coefficient (Wildman–Crippen LogP) is -0.860. The summed E-state index contributed by atoms with van der Waals surface area (Å²) >= 11 is 0. The Balaban J connectivity index is 2.74. The van der Waals surface area contributed by atoms with Crippen molar-refractivity contribution < 1.29 is 31.5 Å². The highest BCUT2D eigenvalue weighted by atomic mass is 32.2. The van der Waals surface area contributed by atoms with Crippen LogP contribution in [0.2, 0.25) is 0 Å². The average Bonchev–Trinajstić information content (AvgIpc) is 2.41. The number of aromatic nitrogens is 2. The van der Waals surface area contributed by atoms with Crippen LogP contribution in [0.3, 0.4) is 0 Å². The Hall–Kier alpha value is -1.83. The summed E-state index contributed by atoms with van der Waals surface area (Å²) < 4.78 is 64.6. The lowest BCUT2D eigenvalue weighted by Crippen LogP contribution is -2.46. The molecule has 9 nitrogen and oxygen atoms in total. The third kappa shape index (κ3) is 6.43. The number of hydrogen-bond donors (Lipinski definition) is 4. The number of rotatable bonds is 7. The van der Waals surface area contributed by atoms with E-state index in [0.29, 0.717) is 0 Å². The molecule has 1 atom stereocenters. The van der Waals surface area contributed by atoms with E-state index in [0.717, 1.165) is 6.07 Å². The third-order valence-corrected chi connectivity index (χ3v) is 3.49. The molecule has 0 aliphatic rings. The van der Waals surface area contributed by atoms with Gasteiger partial charge in [-0.25, -0.2) is 14.7 Å². The van der Waals surface area contributed by atoms with Gasteiger partial charge in [0, 0.05) is 12.2 Å². The molecule has 130 valence electrons. The maximum absolute atomic E-state index is 12.6. The molecule has 0 radical (unpaired) electrons. The second-order valence-electron chi connectivity index (χ2n) is 4.43. The van der Waals surface area contributed by atoms with Crippen LogP contribution in [0.15, 0.2) is 6.07 Å². The third-order valence-electron chi connectivity index (χ3n) is 2.42. The van der Waals surface area contributed by atoms with E-state index in [1.54, 1.807) is 0 Å². The minimum absolute atomic E-state index is 0.0161. The van der Waals surface area contributed by atoms with E-state index in [1.807, 2.05) is 9.44 Å². The number of halogens is 3. The zero-order valence-electron chi connectivity index (χ0n) is 11.8. The molecule has 1 aromatic heterocycles. The van der Waals surface area contributed by atoms with Gasteiger partial charge in [-0.3, -0.25) is 4.79 Å². The molecule has 0 amide bonds. The zero-order valence-corrected chi connectivity index (χ0v) is 12.6. The van der Waals surface area contributed by atoms with Crippen molar-refractivity contribution >= 4 is 16.2 Å². The van der Waals surface area contributed by atoms with Gasteiger partial charge >= 0.3 is 12.1 Å². The fourth-order valence-corrected chi connectivity index (χ4v) is 2.17. The van der Waals surface area contributed by atoms with Crippen LogP contribution in [0.1, 0.15) is 17.2 Å². The molecular weight excluding hydrogens is 343 g/mol. The summed E-state index contributed by atoms with van der Waals surface area (Å²) in [6.07, 6.45) is -4.69. The number of carboxylic acids is 1. The van der Waals surface area contributed by atoms with E-state index in [9.17, 15) is 26.4 Å². The maximum Gasteiger partial charge on any atom is 0.433 e. The van der Waals surface area contributed by atoms with Gasteiger partial charge in [0.15, 0.2) is 0 Å². The van der Waals surface area contributed by atoms with Gasteiger partial charge in [-0.15, -0.1) is 0 Å². The Labute approximate surface area is 129 Å². The first-order chi connectivity index (χ1) is 10.4. The molecule has 0 aromatic carbocycles. The molecule has 0 fully saturated rings. The SMILES string of the molecule is Cc1cc(C(F)(F)F)nc(CNS(=O)(=O)NC[C@H](N)C(=O)O)n1. The van der Waals surface area contributed by atoms with Crippen molar-refractivity contribution in [3.05, 3.63) is 23.3 Å². The molecule has 0 spiro atoms. The van der Waals surface area contributed by atoms with Gasteiger partial charge < -0.3 is 10.8 Å². The minimum Gasteiger partial charge on any atom is -0.480 e. The number of nitrogens with zero attached hydrogens (tertiary/aromatic N) is 2. The number of hydrogen-bond acceptors (Lipinski definition) is 6. The van der Waals surface area contributed by atoms with Crippen molar-refractivity contribution in [3.63, 3.8) is 0 Å². The van der Waals surface area contributed by atoms with Crippen LogP contribution in [0, 0.1) is 6.92 Å². The topological polar surface area (TPSA) is 147 Å². The molecule has 23 heavy (non-hydrogen) atoms. The van der Waals surface area contributed by atoms with E-state index in [2.05, 4.69) is 9.97 Å². The van der Waals surface area contributed by atoms with Crippen molar-refractivity contribution in [3.8, 4) is 0 Å². The molecule has 1 aromatic rings. The van der Waals surface area contributed by atoms with Crippen LogP contribution in [-0.4, -0.2) is 42.0 Å². The van der Waals surface area contributed by atoms with Gasteiger partial charge in [0.05, 0.1) is 6.54 Å². The first-order valence-electron chi connectivity index (χ1n) is 6.05. The van der Waals surface area contributed by atoms with E-state index < -0.39 is 47.2 Å². The maximum atomic E-state index is 12.6. The summed E-state index contributed by atoms with van der Waals surface area (Å²) in [5.41, 5.74) is 3.94. The summed E-state index contributed by atoms with van der Waals surface area (Å²) in [4.78, 5) is 17.4. The van der Waals surface area contributed by atoms with Gasteiger partial charge in [-0.2, -0.15) is 26.3 Å². The van der Waals surface area contributed by atoms with Crippen LogP contribution in [0.25, 0.3) is 0 Å². The molecular formula is C10H14F3N5O4S. The monoisotopic (exact) mass is 357 g/mol. The second kappa shape index (κ2) is 7.16. The molecule has 0 bridgehead atoms. The van der Waals surface area contributed by atoms with E-state index in [4.69, 9.17) is 10.8 Å². The predicted molar refractivity (Wildman–Crippen MR) is 71.1 cm³/mol. The molecule has 0 saturated heterocycles. The number of nitrogens with two attached hydrogens (primary N) is 1. The minimum atomic E-state index is -4.69. The molecule has 1 rings (SSSR count). The number of aryl methyl sites for hydroxylation is 1. The summed E-state index contributed by atoms with van der Waals surface area (Å²) in [6.45, 7) is 0.106. The Bertz CT molecular complexity index is 680. The highest BCUT2D eigenvalue weighted by molar-refractivity contribution is 7.87. The lowest BCUT2D eigenvalue weighted by molar-refractivity contribution is -0.141. The highest BCUT2D eigenvalue weighted by Crippen LogP contribution is 2.27. The fourth-order valence-electron chi connectivity index (χ4n) is 1.35. The Morgan fingerprint density at radius 1 is 1.39 bits per heavy atom. The summed E-state index contributed by atoms with van der Waals surface area (Å²) in [6, 6.07) is -0.735. The molecule has 0 saturated carbocycles. The van der Waals surface area contributed by atoms with Crippen LogP contribution in [0.4, 0.5) is 13.2 Å². The quantitative estimate of drug-likeness (QED) is 0.496. The number of carbonyl (C=O) groups is 1. The van der Waals surface area contributed by atoms with Gasteiger partial charge in [0.1, 0.15) is 17.6 Å². The number of nitrogens with one attached hydrogen (secondary N) is 2. The van der Waals surface area contributed by atoms with Crippen molar-refractivity contribution in [2.75, 3.05) is 6.54 Å². The Kier molecular flexibility index (Phi) is 5.98. The molecule has 5 N–H and O–H groups in total. The standard InChI is InChI=1S/C10H14F3N5O4S/c1-5-2-7(10(11,12)13)18-8(17-5)4-16-23(21,22)15-3-6(14)9(19)20/h2,6,15-16H,3-4,14H2,1H3,(H,19,20)/t6-/m0/s1. The molecule has 0 aliphatic carbocycles. The van der Waals surface area contributed by atoms with Gasteiger partial charge in [0.25, 0.3) is 10.2 Å². The van der Waals surface area contributed by atoms with Crippen molar-refractivity contribution in [1.82, 2.24) is 19.4 Å². The average molecular weight is 357 g/mol. The second-order valence-corrected chi connectivity index (χ2v) is 6.01. The van der Waals surface area contributed by atoms with Crippen LogP contribution in [-0.2, 0) is 27.7 Å². The van der Waals surface area contributed by atoms with Crippen molar-refractivity contribution in [1.29, 1.82) is 0 Å². The Morgan fingerprint density at radius 2 is 2.00 bits per heavy atom. The lowest BCUT2D eigenvalue weighted by Gasteiger charge is -2.11. The number of carboxylic acid groups (broad SMARTS) is 1. The summed E-state index contributed by atoms with van der Waals surface area (Å²) in [5.74, 6) is -1.80. The summed E-state index contributed by atoms with van der Waals surface area (Å²) in [7, 11) is -4.17. The van der Waals surface area contributed by atoms with Crippen LogP contribution >= 0.6 is 0 Å². The van der Waals surface area contributed by atoms with Crippen molar-refractivity contribution in [2.45, 2.75) is 25.7 Å². The van der Waals surface area contributed by atoms with Gasteiger partial charge in [-0.1, -0.05) is 0 Å². The smallest absolute Gasteiger partial charge is 0.433 e. The zero-order chi connectivity index (χ0) is 17.8. The normalized spacial score (nSPS) is 13.8. The van der Waals surface area contributed by atoms with Crippen molar-refractivity contribution in [2.24, 2.45) is 5.73 Å². The van der Waals surface area contributed by atoms with Crippen LogP contribution < -0.4 is 15.2 Å². The number of aliphatic carboxylic acids is 1. The first-order valence-corrected chi connectivity index (χ1v) is 7.53. The number of alkyl halides is 3. The van der Waals surface area contributed by atoms with E-state index in [-0.39, 0.29) is 11.5 Å². The summed E-state index contributed by atoms with van der Waals surface area (Å²) in [5, 5.41) is 8.52. The lowest BCUT2D eigenvalue weighted by atomic mass is 10.3. The first kappa shape index (κ1) is 19.2. The van der Waals surface area contributed by atoms with Crippen LogP contribution in [0.5, 0.6) is 0 Å². The van der Waals surface area contributed by atoms with E-state index in [1.165, 1.54) is 6.92 Å². The molecule has 13 heteroatoms. The fraction of sp³-hybridized carbons (Fsp3) is 0.500. The molecule has 0 unspecified atom stereocenters. The largest absolute Gasteiger partial charge is 0.480 e. The molecule has 0 aliphatic heterocycles. The highest BCUT2D eigenvalue weighted by Gasteiger charge is 2.33. The molecule has 1 heterocycles.